The number of piperidine rings is 1. The number of hydrogen-bond donors (Lipinski definition) is 2. The summed E-state index contributed by atoms with van der Waals surface area (Å²) in [5.74, 6) is -1.92. The number of hydrogen-bond acceptors (Lipinski definition) is 4. The maximum absolute atomic E-state index is 13.8. The van der Waals surface area contributed by atoms with E-state index in [1.165, 1.54) is 35.5 Å². The van der Waals surface area contributed by atoms with Gasteiger partial charge in [-0.15, -0.1) is 0 Å². The zero-order chi connectivity index (χ0) is 21.0. The molecule has 2 N–H and O–H groups in total. The number of anilines is 2. The summed E-state index contributed by atoms with van der Waals surface area (Å²) in [4.78, 5) is 24.0. The highest BCUT2D eigenvalue weighted by Gasteiger charge is 2.33. The van der Waals surface area contributed by atoms with E-state index < -0.39 is 27.7 Å². The number of rotatable bonds is 5. The molecule has 1 fully saturated rings. The molecule has 7 nitrogen and oxygen atoms in total. The van der Waals surface area contributed by atoms with Gasteiger partial charge in [0.15, 0.2) is 0 Å². The van der Waals surface area contributed by atoms with Crippen LogP contribution < -0.4 is 10.6 Å². The van der Waals surface area contributed by atoms with Crippen LogP contribution >= 0.6 is 0 Å². The van der Waals surface area contributed by atoms with Gasteiger partial charge in [-0.2, -0.15) is 4.31 Å². The lowest BCUT2D eigenvalue weighted by Gasteiger charge is -2.31. The van der Waals surface area contributed by atoms with Gasteiger partial charge < -0.3 is 10.6 Å². The van der Waals surface area contributed by atoms with Gasteiger partial charge in [0.1, 0.15) is 5.82 Å². The van der Waals surface area contributed by atoms with Crippen LogP contribution in [0.3, 0.4) is 0 Å². The number of nitrogens with one attached hydrogen (secondary N) is 2. The van der Waals surface area contributed by atoms with E-state index in [0.717, 1.165) is 6.07 Å². The quantitative estimate of drug-likeness (QED) is 0.779. The Morgan fingerprint density at radius 2 is 1.83 bits per heavy atom. The molecule has 0 aromatic heterocycles. The molecule has 154 valence electrons. The molecule has 0 spiro atoms. The van der Waals surface area contributed by atoms with Gasteiger partial charge in [-0.3, -0.25) is 9.59 Å². The Labute approximate surface area is 169 Å². The molecule has 0 aliphatic carbocycles. The van der Waals surface area contributed by atoms with Crippen molar-refractivity contribution in [1.82, 2.24) is 4.31 Å². The van der Waals surface area contributed by atoms with Gasteiger partial charge in [-0.25, -0.2) is 12.8 Å². The molecule has 1 heterocycles. The maximum Gasteiger partial charge on any atom is 0.243 e. The molecule has 0 radical (unpaired) electrons. The maximum atomic E-state index is 13.8. The molecule has 3 rings (SSSR count). The molecule has 1 aliphatic heterocycles. The Morgan fingerprint density at radius 1 is 1.10 bits per heavy atom. The predicted octanol–water partition coefficient (Wildman–Crippen LogP) is 2.82. The molecule has 9 heteroatoms. The van der Waals surface area contributed by atoms with Crippen molar-refractivity contribution in [2.45, 2.75) is 24.7 Å². The van der Waals surface area contributed by atoms with Crippen LogP contribution in [0.15, 0.2) is 53.4 Å². The summed E-state index contributed by atoms with van der Waals surface area (Å²) in [5.41, 5.74) is 0.287. The van der Waals surface area contributed by atoms with Crippen LogP contribution in [0.25, 0.3) is 0 Å². The van der Waals surface area contributed by atoms with Crippen molar-refractivity contribution in [3.63, 3.8) is 0 Å². The first-order valence-electron chi connectivity index (χ1n) is 9.20. The van der Waals surface area contributed by atoms with Crippen molar-refractivity contribution in [2.75, 3.05) is 23.7 Å². The second-order valence-electron chi connectivity index (χ2n) is 6.88. The van der Waals surface area contributed by atoms with E-state index in [2.05, 4.69) is 10.6 Å². The molecule has 0 bridgehead atoms. The first-order valence-corrected chi connectivity index (χ1v) is 10.6. The molecule has 1 unspecified atom stereocenters. The summed E-state index contributed by atoms with van der Waals surface area (Å²) < 4.78 is 40.7. The van der Waals surface area contributed by atoms with E-state index >= 15 is 0 Å². The van der Waals surface area contributed by atoms with Crippen LogP contribution in [0.4, 0.5) is 15.8 Å². The van der Waals surface area contributed by atoms with E-state index in [9.17, 15) is 22.4 Å². The number of benzene rings is 2. The molecule has 2 aromatic rings. The summed E-state index contributed by atoms with van der Waals surface area (Å²) in [7, 11) is -3.67. The van der Waals surface area contributed by atoms with E-state index in [0.29, 0.717) is 25.1 Å². The fraction of sp³-hybridized carbons (Fsp3) is 0.300. The van der Waals surface area contributed by atoms with Crippen molar-refractivity contribution < 1.29 is 22.4 Å². The van der Waals surface area contributed by atoms with Gasteiger partial charge in [-0.1, -0.05) is 18.2 Å². The highest BCUT2D eigenvalue weighted by Crippen LogP contribution is 2.26. The van der Waals surface area contributed by atoms with Crippen LogP contribution in [0, 0.1) is 11.7 Å². The third-order valence-corrected chi connectivity index (χ3v) is 6.56. The molecular weight excluding hydrogens is 397 g/mol. The molecule has 2 aromatic carbocycles. The number of halogens is 1. The number of sulfonamides is 1. The van der Waals surface area contributed by atoms with Crippen molar-refractivity contribution >= 4 is 33.2 Å². The molecular formula is C20H22FN3O4S. The highest BCUT2D eigenvalue weighted by molar-refractivity contribution is 7.89. The number of amides is 2. The summed E-state index contributed by atoms with van der Waals surface area (Å²) in [6.07, 6.45) is 1.11. The van der Waals surface area contributed by atoms with Crippen LogP contribution in [-0.4, -0.2) is 37.6 Å². The smallest absolute Gasteiger partial charge is 0.243 e. The van der Waals surface area contributed by atoms with Crippen LogP contribution in [-0.2, 0) is 19.6 Å². The zero-order valence-electron chi connectivity index (χ0n) is 15.9. The van der Waals surface area contributed by atoms with E-state index in [1.54, 1.807) is 18.2 Å². The Bertz CT molecular complexity index is 1010. The van der Waals surface area contributed by atoms with Gasteiger partial charge in [0, 0.05) is 25.7 Å². The first-order chi connectivity index (χ1) is 13.8. The Balaban J connectivity index is 1.71. The Hall–Kier alpha value is -2.78. The molecule has 1 saturated heterocycles. The monoisotopic (exact) mass is 419 g/mol. The van der Waals surface area contributed by atoms with Crippen LogP contribution in [0.1, 0.15) is 19.8 Å². The number of nitrogens with zero attached hydrogens (tertiary/aromatic N) is 1. The minimum Gasteiger partial charge on any atom is -0.326 e. The zero-order valence-corrected chi connectivity index (χ0v) is 16.7. The van der Waals surface area contributed by atoms with Crippen molar-refractivity contribution in [3.8, 4) is 0 Å². The van der Waals surface area contributed by atoms with Crippen molar-refractivity contribution in [1.29, 1.82) is 0 Å². The van der Waals surface area contributed by atoms with Crippen molar-refractivity contribution in [3.05, 3.63) is 54.3 Å². The first kappa shape index (κ1) is 20.9. The lowest BCUT2D eigenvalue weighted by molar-refractivity contribution is -0.121. The Morgan fingerprint density at radius 3 is 2.52 bits per heavy atom. The average Bonchev–Trinajstić information content (AvgIpc) is 2.71. The van der Waals surface area contributed by atoms with Gasteiger partial charge in [0.05, 0.1) is 16.5 Å². The standard InChI is InChI=1S/C20H22FN3O4S/c1-14(25)22-19-12-16(9-10-18(19)21)23-20(26)15-6-5-11-24(13-15)29(27,28)17-7-3-2-4-8-17/h2-4,7-10,12,15H,5-6,11,13H2,1H3,(H,22,25)(H,23,26). The molecule has 0 saturated carbocycles. The third-order valence-electron chi connectivity index (χ3n) is 4.68. The fourth-order valence-electron chi connectivity index (χ4n) is 3.25. The highest BCUT2D eigenvalue weighted by atomic mass is 32.2. The number of carbonyl (C=O) groups is 2. The summed E-state index contributed by atoms with van der Waals surface area (Å²) in [5, 5.41) is 5.04. The van der Waals surface area contributed by atoms with Gasteiger partial charge in [0.25, 0.3) is 0 Å². The SMILES string of the molecule is CC(=O)Nc1cc(NC(=O)C2CCCN(S(=O)(=O)c3ccccc3)C2)ccc1F. The van der Waals surface area contributed by atoms with Crippen LogP contribution in [0.2, 0.25) is 0 Å². The topological polar surface area (TPSA) is 95.6 Å². The minimum atomic E-state index is -3.67. The molecule has 1 aliphatic rings. The second kappa shape index (κ2) is 8.71. The minimum absolute atomic E-state index is 0.0350. The van der Waals surface area contributed by atoms with E-state index in [-0.39, 0.29) is 23.0 Å². The predicted molar refractivity (Wildman–Crippen MR) is 107 cm³/mol. The van der Waals surface area contributed by atoms with Gasteiger partial charge in [-0.05, 0) is 43.2 Å². The van der Waals surface area contributed by atoms with Crippen molar-refractivity contribution in [2.24, 2.45) is 5.92 Å². The fourth-order valence-corrected chi connectivity index (χ4v) is 4.79. The Kier molecular flexibility index (Phi) is 6.29. The third kappa shape index (κ3) is 4.99. The lowest BCUT2D eigenvalue weighted by atomic mass is 9.98. The normalized spacial score (nSPS) is 17.5. The molecule has 1 atom stereocenters. The number of carbonyl (C=O) groups excluding carboxylic acids is 2. The van der Waals surface area contributed by atoms with Gasteiger partial charge >= 0.3 is 0 Å². The summed E-state index contributed by atoms with van der Waals surface area (Å²) in [6, 6.07) is 12.0. The largest absolute Gasteiger partial charge is 0.326 e. The summed E-state index contributed by atoms with van der Waals surface area (Å²) >= 11 is 0. The van der Waals surface area contributed by atoms with E-state index in [1.807, 2.05) is 0 Å². The molecule has 29 heavy (non-hydrogen) atoms. The van der Waals surface area contributed by atoms with Crippen LogP contribution in [0.5, 0.6) is 0 Å². The lowest BCUT2D eigenvalue weighted by Crippen LogP contribution is -2.43. The van der Waals surface area contributed by atoms with Gasteiger partial charge in [0.2, 0.25) is 21.8 Å². The summed E-state index contributed by atoms with van der Waals surface area (Å²) in [6.45, 7) is 1.68. The molecule has 2 amide bonds. The average molecular weight is 419 g/mol. The van der Waals surface area contributed by atoms with E-state index in [4.69, 9.17) is 0 Å². The second-order valence-corrected chi connectivity index (χ2v) is 8.82.